The minimum absolute atomic E-state index is 0.0544. The van der Waals surface area contributed by atoms with Crippen molar-refractivity contribution < 1.29 is 4.79 Å². The Morgan fingerprint density at radius 3 is 2.54 bits per heavy atom. The summed E-state index contributed by atoms with van der Waals surface area (Å²) in [5.41, 5.74) is 3.42. The second kappa shape index (κ2) is 8.61. The van der Waals surface area contributed by atoms with E-state index in [1.54, 1.807) is 10.6 Å². The number of nitrogens with zero attached hydrogens (tertiary/aromatic N) is 2. The molecule has 0 saturated heterocycles. The minimum atomic E-state index is -0.364. The first-order chi connectivity index (χ1) is 13.4. The van der Waals surface area contributed by atoms with Crippen LogP contribution in [0.4, 0.5) is 0 Å². The molecule has 0 aliphatic rings. The number of amides is 1. The van der Waals surface area contributed by atoms with E-state index in [4.69, 9.17) is 4.98 Å². The van der Waals surface area contributed by atoms with E-state index in [1.165, 1.54) is 11.8 Å². The average Bonchev–Trinajstić information content (AvgIpc) is 2.65. The van der Waals surface area contributed by atoms with Gasteiger partial charge in [0.1, 0.15) is 0 Å². The number of hydrogen-bond acceptors (Lipinski definition) is 4. The number of fused-ring (bicyclic) bond motifs is 1. The van der Waals surface area contributed by atoms with Crippen molar-refractivity contribution in [2.45, 2.75) is 44.5 Å². The predicted molar refractivity (Wildman–Crippen MR) is 115 cm³/mol. The van der Waals surface area contributed by atoms with E-state index >= 15 is 0 Å². The topological polar surface area (TPSA) is 64.0 Å². The van der Waals surface area contributed by atoms with Crippen molar-refractivity contribution >= 4 is 28.6 Å². The van der Waals surface area contributed by atoms with Crippen LogP contribution in [0.5, 0.6) is 0 Å². The molecule has 1 heterocycles. The van der Waals surface area contributed by atoms with Crippen LogP contribution in [0.2, 0.25) is 0 Å². The van der Waals surface area contributed by atoms with Crippen molar-refractivity contribution in [3.8, 4) is 5.69 Å². The van der Waals surface area contributed by atoms with Crippen LogP contribution in [0.3, 0.4) is 0 Å². The van der Waals surface area contributed by atoms with Crippen LogP contribution in [-0.4, -0.2) is 27.3 Å². The van der Waals surface area contributed by atoms with E-state index < -0.39 is 0 Å². The summed E-state index contributed by atoms with van der Waals surface area (Å²) in [4.78, 5) is 30.4. The van der Waals surface area contributed by atoms with Crippen LogP contribution in [0.1, 0.15) is 31.4 Å². The predicted octanol–water partition coefficient (Wildman–Crippen LogP) is 4.01. The van der Waals surface area contributed by atoms with E-state index in [0.717, 1.165) is 23.2 Å². The molecule has 1 atom stereocenters. The number of carbonyl (C=O) groups excluding carboxylic acids is 1. The van der Waals surface area contributed by atoms with Gasteiger partial charge in [-0.25, -0.2) is 4.98 Å². The van der Waals surface area contributed by atoms with E-state index in [9.17, 15) is 9.59 Å². The Morgan fingerprint density at radius 2 is 1.86 bits per heavy atom. The molecular weight excluding hydrogens is 370 g/mol. The van der Waals surface area contributed by atoms with Crippen LogP contribution >= 0.6 is 11.8 Å². The maximum Gasteiger partial charge on any atom is 0.266 e. The second-order valence-electron chi connectivity index (χ2n) is 6.95. The van der Waals surface area contributed by atoms with Gasteiger partial charge in [0.05, 0.1) is 21.8 Å². The Hall–Kier alpha value is -2.60. The quantitative estimate of drug-likeness (QED) is 0.506. The standard InChI is InChI=1S/C22H25N3O2S/c1-5-10-23-20(26)16(4)28-22-24-19-9-7-6-8-18(19)21(27)25(22)17-12-14(2)11-15(3)13-17/h6-9,11-13,16H,5,10H2,1-4H3,(H,23,26). The molecule has 0 saturated carbocycles. The maximum absolute atomic E-state index is 13.3. The highest BCUT2D eigenvalue weighted by molar-refractivity contribution is 8.00. The molecule has 0 fully saturated rings. The molecule has 0 radical (unpaired) electrons. The van der Waals surface area contributed by atoms with Crippen molar-refractivity contribution in [1.29, 1.82) is 0 Å². The lowest BCUT2D eigenvalue weighted by Crippen LogP contribution is -2.32. The first-order valence-corrected chi connectivity index (χ1v) is 10.3. The van der Waals surface area contributed by atoms with Crippen LogP contribution < -0.4 is 10.9 Å². The lowest BCUT2D eigenvalue weighted by atomic mass is 10.1. The molecule has 146 valence electrons. The molecule has 0 aliphatic heterocycles. The number of rotatable bonds is 6. The summed E-state index contributed by atoms with van der Waals surface area (Å²) in [6.45, 7) is 8.50. The van der Waals surface area contributed by atoms with Crippen LogP contribution in [-0.2, 0) is 4.79 Å². The smallest absolute Gasteiger partial charge is 0.266 e. The third-order valence-corrected chi connectivity index (χ3v) is 5.46. The Morgan fingerprint density at radius 1 is 1.18 bits per heavy atom. The van der Waals surface area contributed by atoms with Crippen LogP contribution in [0.25, 0.3) is 16.6 Å². The molecule has 3 aromatic rings. The average molecular weight is 396 g/mol. The fourth-order valence-electron chi connectivity index (χ4n) is 3.10. The van der Waals surface area contributed by atoms with Gasteiger partial charge < -0.3 is 5.32 Å². The lowest BCUT2D eigenvalue weighted by Gasteiger charge is -2.17. The fraction of sp³-hybridized carbons (Fsp3) is 0.318. The van der Waals surface area contributed by atoms with E-state index in [0.29, 0.717) is 22.6 Å². The van der Waals surface area contributed by atoms with E-state index in [2.05, 4.69) is 11.4 Å². The third-order valence-electron chi connectivity index (χ3n) is 4.41. The number of aryl methyl sites for hydroxylation is 2. The summed E-state index contributed by atoms with van der Waals surface area (Å²) < 4.78 is 1.62. The molecule has 6 heteroatoms. The summed E-state index contributed by atoms with van der Waals surface area (Å²) in [6.07, 6.45) is 0.880. The zero-order valence-corrected chi connectivity index (χ0v) is 17.5. The largest absolute Gasteiger partial charge is 0.355 e. The van der Waals surface area contributed by atoms with Gasteiger partial charge in [-0.2, -0.15) is 0 Å². The van der Waals surface area contributed by atoms with Crippen LogP contribution in [0.15, 0.2) is 52.4 Å². The van der Waals surface area contributed by atoms with E-state index in [-0.39, 0.29) is 16.7 Å². The number of aromatic nitrogens is 2. The fourth-order valence-corrected chi connectivity index (χ4v) is 4.05. The zero-order chi connectivity index (χ0) is 20.3. The third kappa shape index (κ3) is 4.28. The molecule has 0 aliphatic carbocycles. The van der Waals surface area contributed by atoms with Gasteiger partial charge in [-0.05, 0) is 62.6 Å². The highest BCUT2D eigenvalue weighted by Crippen LogP contribution is 2.26. The van der Waals surface area contributed by atoms with Crippen LogP contribution in [0, 0.1) is 13.8 Å². The summed E-state index contributed by atoms with van der Waals surface area (Å²) in [5, 5.41) is 3.63. The number of para-hydroxylation sites is 1. The summed E-state index contributed by atoms with van der Waals surface area (Å²) >= 11 is 1.30. The molecule has 0 bridgehead atoms. The van der Waals surface area contributed by atoms with Gasteiger partial charge in [-0.1, -0.05) is 36.9 Å². The zero-order valence-electron chi connectivity index (χ0n) is 16.7. The molecule has 5 nitrogen and oxygen atoms in total. The molecular formula is C22H25N3O2S. The summed E-state index contributed by atoms with van der Waals surface area (Å²) in [6, 6.07) is 13.3. The normalized spacial score (nSPS) is 12.1. The lowest BCUT2D eigenvalue weighted by molar-refractivity contribution is -0.120. The van der Waals surface area contributed by atoms with Gasteiger partial charge in [0, 0.05) is 6.54 Å². The van der Waals surface area contributed by atoms with Crippen molar-refractivity contribution in [2.75, 3.05) is 6.54 Å². The van der Waals surface area contributed by atoms with Gasteiger partial charge >= 0.3 is 0 Å². The summed E-state index contributed by atoms with van der Waals surface area (Å²) in [7, 11) is 0. The Labute approximate surface area is 169 Å². The van der Waals surface area contributed by atoms with Gasteiger partial charge in [0.2, 0.25) is 5.91 Å². The number of nitrogens with one attached hydrogen (secondary N) is 1. The second-order valence-corrected chi connectivity index (χ2v) is 8.26. The monoisotopic (exact) mass is 395 g/mol. The summed E-state index contributed by atoms with van der Waals surface area (Å²) in [5.74, 6) is -0.0544. The van der Waals surface area contributed by atoms with Crippen molar-refractivity contribution in [2.24, 2.45) is 0 Å². The van der Waals surface area contributed by atoms with Crippen molar-refractivity contribution in [3.05, 3.63) is 63.9 Å². The van der Waals surface area contributed by atoms with E-state index in [1.807, 2.05) is 58.0 Å². The molecule has 28 heavy (non-hydrogen) atoms. The molecule has 3 rings (SSSR count). The minimum Gasteiger partial charge on any atom is -0.355 e. The van der Waals surface area contributed by atoms with Crippen molar-refractivity contribution in [3.63, 3.8) is 0 Å². The van der Waals surface area contributed by atoms with Gasteiger partial charge in [0.15, 0.2) is 5.16 Å². The first kappa shape index (κ1) is 20.1. The highest BCUT2D eigenvalue weighted by Gasteiger charge is 2.20. The number of carbonyl (C=O) groups is 1. The van der Waals surface area contributed by atoms with Gasteiger partial charge in [-0.3, -0.25) is 14.2 Å². The Bertz CT molecular complexity index is 1050. The number of hydrogen-bond donors (Lipinski definition) is 1. The number of benzene rings is 2. The SMILES string of the molecule is CCCNC(=O)C(C)Sc1nc2ccccc2c(=O)n1-c1cc(C)cc(C)c1. The molecule has 2 aromatic carbocycles. The maximum atomic E-state index is 13.3. The first-order valence-electron chi connectivity index (χ1n) is 9.45. The molecule has 0 spiro atoms. The molecule has 1 N–H and O–H groups in total. The molecule has 1 aromatic heterocycles. The molecule has 1 unspecified atom stereocenters. The van der Waals surface area contributed by atoms with Crippen molar-refractivity contribution in [1.82, 2.24) is 14.9 Å². The molecule has 1 amide bonds. The van der Waals surface area contributed by atoms with Gasteiger partial charge in [-0.15, -0.1) is 0 Å². The Kier molecular flexibility index (Phi) is 6.19. The highest BCUT2D eigenvalue weighted by atomic mass is 32.2. The Balaban J connectivity index is 2.14. The van der Waals surface area contributed by atoms with Gasteiger partial charge in [0.25, 0.3) is 5.56 Å². The number of thioether (sulfide) groups is 1.